The third-order valence-electron chi connectivity index (χ3n) is 3.92. The van der Waals surface area contributed by atoms with Crippen LogP contribution in [0, 0.1) is 11.8 Å². The highest BCUT2D eigenvalue weighted by Crippen LogP contribution is 2.30. The minimum absolute atomic E-state index is 0.0104. The summed E-state index contributed by atoms with van der Waals surface area (Å²) in [6.45, 7) is 5.10. The van der Waals surface area contributed by atoms with Crippen molar-refractivity contribution < 1.29 is 13.2 Å². The fraction of sp³-hybridized carbons (Fsp3) is 0.929. The van der Waals surface area contributed by atoms with Gasteiger partial charge in [0.15, 0.2) is 9.84 Å². The Kier molecular flexibility index (Phi) is 5.38. The van der Waals surface area contributed by atoms with Gasteiger partial charge >= 0.3 is 0 Å². The Bertz CT molecular complexity index is 359. The van der Waals surface area contributed by atoms with Gasteiger partial charge in [-0.2, -0.15) is 0 Å². The van der Waals surface area contributed by atoms with Crippen LogP contribution < -0.4 is 0 Å². The van der Waals surface area contributed by atoms with Crippen molar-refractivity contribution >= 4 is 16.1 Å². The van der Waals surface area contributed by atoms with Crippen molar-refractivity contribution in [2.24, 2.45) is 11.8 Å². The number of carbonyl (C=O) groups is 1. The van der Waals surface area contributed by atoms with Crippen LogP contribution in [0.3, 0.4) is 0 Å². The van der Waals surface area contributed by atoms with E-state index >= 15 is 0 Å². The quantitative estimate of drug-likeness (QED) is 0.724. The topological polar surface area (TPSA) is 51.2 Å². The molecule has 0 spiro atoms. The number of carbonyl (C=O) groups excluding carboxylic acids is 1. The molecule has 106 valence electrons. The molecule has 1 fully saturated rings. The van der Waals surface area contributed by atoms with E-state index in [4.69, 9.17) is 0 Å². The maximum Gasteiger partial charge on any atom is 0.155 e. The monoisotopic (exact) mass is 274 g/mol. The molecule has 1 rings (SSSR count). The number of sulfone groups is 1. The van der Waals surface area contributed by atoms with Gasteiger partial charge in [0.2, 0.25) is 0 Å². The van der Waals surface area contributed by atoms with Crippen molar-refractivity contribution in [1.82, 2.24) is 0 Å². The van der Waals surface area contributed by atoms with Gasteiger partial charge < -0.3 is 4.79 Å². The molecule has 1 aliphatic carbocycles. The molecule has 0 bridgehead atoms. The van der Waals surface area contributed by atoms with Gasteiger partial charge in [0.25, 0.3) is 0 Å². The molecule has 0 radical (unpaired) electrons. The minimum atomic E-state index is -3.19. The van der Waals surface area contributed by atoms with E-state index in [9.17, 15) is 13.2 Å². The summed E-state index contributed by atoms with van der Waals surface area (Å²) in [6, 6.07) is 0. The Morgan fingerprint density at radius 1 is 1.17 bits per heavy atom. The molecule has 1 atom stereocenters. The van der Waals surface area contributed by atoms with Crippen molar-refractivity contribution in [3.63, 3.8) is 0 Å². The molecule has 0 aromatic carbocycles. The highest BCUT2D eigenvalue weighted by atomic mass is 32.2. The first-order chi connectivity index (χ1) is 8.26. The Hall–Kier alpha value is -0.380. The van der Waals surface area contributed by atoms with E-state index in [0.717, 1.165) is 25.5 Å². The molecular formula is C14H26O3S. The van der Waals surface area contributed by atoms with Crippen molar-refractivity contribution in [3.05, 3.63) is 0 Å². The second-order valence-corrected chi connectivity index (χ2v) is 9.32. The summed E-state index contributed by atoms with van der Waals surface area (Å²) >= 11 is 0. The Morgan fingerprint density at radius 3 is 2.17 bits per heavy atom. The molecule has 3 nitrogen and oxygen atoms in total. The fourth-order valence-corrected chi connectivity index (χ4v) is 3.82. The lowest BCUT2D eigenvalue weighted by Crippen LogP contribution is -2.34. The number of hydrogen-bond donors (Lipinski definition) is 0. The SMILES string of the molecule is CC(C)(C)S(=O)(=O)CC(C=O)CC1CCCCC1. The van der Waals surface area contributed by atoms with Crippen molar-refractivity contribution in [1.29, 1.82) is 0 Å². The summed E-state index contributed by atoms with van der Waals surface area (Å²) in [6.07, 6.45) is 7.63. The standard InChI is InChI=1S/C14H26O3S/c1-14(2,3)18(16,17)11-13(10-15)9-12-7-5-4-6-8-12/h10,12-13H,4-9,11H2,1-3H3. The molecule has 1 aliphatic rings. The third-order valence-corrected chi connectivity index (χ3v) is 6.65. The van der Waals surface area contributed by atoms with E-state index in [1.807, 2.05) is 0 Å². The molecule has 0 aliphatic heterocycles. The molecule has 1 saturated carbocycles. The summed E-state index contributed by atoms with van der Waals surface area (Å²) in [4.78, 5) is 11.1. The van der Waals surface area contributed by atoms with Gasteiger partial charge in [-0.3, -0.25) is 0 Å². The zero-order chi connectivity index (χ0) is 13.8. The average molecular weight is 274 g/mol. The molecule has 0 aromatic heterocycles. The van der Waals surface area contributed by atoms with Gasteiger partial charge in [0.1, 0.15) is 6.29 Å². The normalized spacial score (nSPS) is 20.6. The molecule has 1 unspecified atom stereocenters. The Balaban J connectivity index is 2.59. The minimum Gasteiger partial charge on any atom is -0.303 e. The van der Waals surface area contributed by atoms with Gasteiger partial charge in [0, 0.05) is 5.92 Å². The highest BCUT2D eigenvalue weighted by Gasteiger charge is 2.32. The Labute approximate surface area is 111 Å². The average Bonchev–Trinajstić information content (AvgIpc) is 2.27. The van der Waals surface area contributed by atoms with E-state index in [1.165, 1.54) is 19.3 Å². The van der Waals surface area contributed by atoms with Crippen LogP contribution in [0.1, 0.15) is 59.3 Å². The van der Waals surface area contributed by atoms with Crippen LogP contribution in [0.2, 0.25) is 0 Å². The Morgan fingerprint density at radius 2 is 1.72 bits per heavy atom. The number of hydrogen-bond acceptors (Lipinski definition) is 3. The first-order valence-electron chi connectivity index (χ1n) is 6.94. The zero-order valence-corrected chi connectivity index (χ0v) is 12.6. The van der Waals surface area contributed by atoms with E-state index < -0.39 is 14.6 Å². The summed E-state index contributed by atoms with van der Waals surface area (Å²) in [5.41, 5.74) is 0. The lowest BCUT2D eigenvalue weighted by atomic mass is 9.83. The molecule has 0 amide bonds. The van der Waals surface area contributed by atoms with Crippen molar-refractivity contribution in [3.8, 4) is 0 Å². The van der Waals surface area contributed by atoms with Gasteiger partial charge in [0.05, 0.1) is 10.5 Å². The maximum atomic E-state index is 12.1. The zero-order valence-electron chi connectivity index (χ0n) is 11.8. The van der Waals surface area contributed by atoms with Crippen LogP contribution in [-0.2, 0) is 14.6 Å². The second kappa shape index (κ2) is 6.18. The van der Waals surface area contributed by atoms with Gasteiger partial charge in [-0.25, -0.2) is 8.42 Å². The van der Waals surface area contributed by atoms with Crippen molar-refractivity contribution in [2.45, 2.75) is 64.0 Å². The first kappa shape index (κ1) is 15.7. The van der Waals surface area contributed by atoms with Crippen LogP contribution in [0.25, 0.3) is 0 Å². The van der Waals surface area contributed by atoms with Crippen LogP contribution in [0.4, 0.5) is 0 Å². The molecular weight excluding hydrogens is 248 g/mol. The van der Waals surface area contributed by atoms with E-state index in [-0.39, 0.29) is 11.7 Å². The summed E-state index contributed by atoms with van der Waals surface area (Å²) in [5, 5.41) is 0. The lowest BCUT2D eigenvalue weighted by molar-refractivity contribution is -0.111. The van der Waals surface area contributed by atoms with E-state index in [1.54, 1.807) is 20.8 Å². The van der Waals surface area contributed by atoms with Crippen LogP contribution in [0.5, 0.6) is 0 Å². The van der Waals surface area contributed by atoms with E-state index in [2.05, 4.69) is 0 Å². The van der Waals surface area contributed by atoms with Crippen LogP contribution in [0.15, 0.2) is 0 Å². The highest BCUT2D eigenvalue weighted by molar-refractivity contribution is 7.92. The van der Waals surface area contributed by atoms with Gasteiger partial charge in [-0.15, -0.1) is 0 Å². The van der Waals surface area contributed by atoms with Gasteiger partial charge in [-0.1, -0.05) is 32.1 Å². The predicted octanol–water partition coefficient (Wildman–Crippen LogP) is 2.99. The fourth-order valence-electron chi connectivity index (χ4n) is 2.55. The maximum absolute atomic E-state index is 12.1. The smallest absolute Gasteiger partial charge is 0.155 e. The first-order valence-corrected chi connectivity index (χ1v) is 8.59. The molecule has 18 heavy (non-hydrogen) atoms. The number of aldehydes is 1. The lowest BCUT2D eigenvalue weighted by Gasteiger charge is -2.26. The molecule has 0 heterocycles. The molecule has 0 aromatic rings. The third kappa shape index (κ3) is 4.38. The van der Waals surface area contributed by atoms with Crippen LogP contribution >= 0.6 is 0 Å². The van der Waals surface area contributed by atoms with Gasteiger partial charge in [-0.05, 0) is 33.1 Å². The van der Waals surface area contributed by atoms with Crippen LogP contribution in [-0.4, -0.2) is 25.2 Å². The van der Waals surface area contributed by atoms with E-state index in [0.29, 0.717) is 5.92 Å². The molecule has 0 N–H and O–H groups in total. The largest absolute Gasteiger partial charge is 0.303 e. The predicted molar refractivity (Wildman–Crippen MR) is 74.3 cm³/mol. The molecule has 4 heteroatoms. The summed E-state index contributed by atoms with van der Waals surface area (Å²) < 4.78 is 23.4. The number of rotatable bonds is 5. The van der Waals surface area contributed by atoms with Crippen molar-refractivity contribution in [2.75, 3.05) is 5.75 Å². The summed E-state index contributed by atoms with van der Waals surface area (Å²) in [7, 11) is -3.19. The second-order valence-electron chi connectivity index (χ2n) is 6.53. The molecule has 0 saturated heterocycles. The summed E-state index contributed by atoms with van der Waals surface area (Å²) in [5.74, 6) is 0.234.